The highest BCUT2D eigenvalue weighted by molar-refractivity contribution is 5.99. The summed E-state index contributed by atoms with van der Waals surface area (Å²) in [6, 6.07) is -9.65. The van der Waals surface area contributed by atoms with E-state index in [0.717, 1.165) is 12.8 Å². The van der Waals surface area contributed by atoms with Crippen LogP contribution in [0, 0.1) is 35.5 Å². The fraction of sp³-hybridized carbons (Fsp3) is 0.800. The zero-order valence-electron chi connectivity index (χ0n) is 49.3. The predicted octanol–water partition coefficient (Wildman–Crippen LogP) is -2.56. The number of Topliss-reactive ketones (excluding diaryl/α,β-unsaturated/α-hetero) is 3. The Morgan fingerprint density at radius 1 is 0.580 bits per heavy atom. The molecule has 13 atom stereocenters. The molecular weight excluding hydrogens is 1050 g/mol. The van der Waals surface area contributed by atoms with Gasteiger partial charge in [-0.3, -0.25) is 52.7 Å². The van der Waals surface area contributed by atoms with Gasteiger partial charge in [-0.25, -0.2) is 0 Å². The Labute approximate surface area is 478 Å². The van der Waals surface area contributed by atoms with E-state index < -0.39 is 144 Å². The third kappa shape index (κ3) is 27.4. The lowest BCUT2D eigenvalue weighted by Gasteiger charge is -2.29. The summed E-state index contributed by atoms with van der Waals surface area (Å²) in [5.74, 6) is -11.7. The minimum absolute atomic E-state index is 0.0598. The molecule has 26 nitrogen and oxygen atoms in total. The Morgan fingerprint density at radius 3 is 1.49 bits per heavy atom. The second kappa shape index (κ2) is 39.1. The molecule has 81 heavy (non-hydrogen) atoms. The van der Waals surface area contributed by atoms with Crippen molar-refractivity contribution in [2.45, 2.75) is 206 Å². The second-order valence-electron chi connectivity index (χ2n) is 22.5. The molecule has 1 aliphatic heterocycles. The molecule has 0 aliphatic carbocycles. The van der Waals surface area contributed by atoms with Gasteiger partial charge in [-0.2, -0.15) is 0 Å². The van der Waals surface area contributed by atoms with Crippen molar-refractivity contribution in [1.82, 2.24) is 42.5 Å². The van der Waals surface area contributed by atoms with Crippen LogP contribution in [-0.4, -0.2) is 169 Å². The lowest BCUT2D eigenvalue weighted by molar-refractivity contribution is -0.137. The Kier molecular flexibility index (Phi) is 35.4. The molecule has 20 N–H and O–H groups in total. The Hall–Kier alpha value is -5.51. The van der Waals surface area contributed by atoms with Crippen LogP contribution in [0.2, 0.25) is 0 Å². The Balaban J connectivity index is 3.84. The summed E-state index contributed by atoms with van der Waals surface area (Å²) in [6.45, 7) is 13.1. The van der Waals surface area contributed by atoms with E-state index in [2.05, 4.69) is 56.4 Å². The van der Waals surface area contributed by atoms with Gasteiger partial charge < -0.3 is 81.4 Å². The zero-order chi connectivity index (χ0) is 61.5. The summed E-state index contributed by atoms with van der Waals surface area (Å²) in [6.07, 6.45) is -2.14. The summed E-state index contributed by atoms with van der Waals surface area (Å²) in [5, 5.41) is 42.6. The van der Waals surface area contributed by atoms with Gasteiger partial charge in [0.05, 0.1) is 24.2 Å². The zero-order valence-corrected chi connectivity index (χ0v) is 49.3. The number of nitrogens with one attached hydrogen (secondary N) is 8. The highest BCUT2D eigenvalue weighted by Crippen LogP contribution is 2.19. The minimum Gasteiger partial charge on any atom is -0.393 e. The van der Waals surface area contributed by atoms with E-state index in [-0.39, 0.29) is 121 Å². The molecule has 1 heterocycles. The van der Waals surface area contributed by atoms with Crippen LogP contribution in [0.15, 0.2) is 0 Å². The number of amides is 8. The number of carbonyl (C=O) groups excluding carboxylic acids is 11. The molecule has 26 heteroatoms. The maximum absolute atomic E-state index is 14.5. The predicted molar refractivity (Wildman–Crippen MR) is 304 cm³/mol. The smallest absolute Gasteiger partial charge is 0.243 e. The van der Waals surface area contributed by atoms with Gasteiger partial charge in [0.2, 0.25) is 47.3 Å². The van der Waals surface area contributed by atoms with Crippen molar-refractivity contribution < 1.29 is 63.0 Å². The van der Waals surface area contributed by atoms with E-state index in [0.29, 0.717) is 12.3 Å². The first-order chi connectivity index (χ1) is 38.2. The minimum atomic E-state index is -1.59. The molecule has 0 bridgehead atoms. The first-order valence-corrected chi connectivity index (χ1v) is 29.0. The van der Waals surface area contributed by atoms with Gasteiger partial charge in [-0.1, -0.05) is 54.4 Å². The molecular formula is C55H101N13O13. The molecule has 0 spiro atoms. The van der Waals surface area contributed by atoms with Gasteiger partial charge >= 0.3 is 0 Å². The number of rotatable bonds is 30. The van der Waals surface area contributed by atoms with Crippen LogP contribution >= 0.6 is 0 Å². The number of aliphatic hydroxyl groups is 2. The summed E-state index contributed by atoms with van der Waals surface area (Å²) < 4.78 is 0. The molecule has 0 radical (unpaired) electrons. The first-order valence-electron chi connectivity index (χ1n) is 29.0. The van der Waals surface area contributed by atoms with E-state index in [4.69, 9.17) is 28.7 Å². The standard InChI is InChI=1S/C55H101N13O13/c1-9-32(6)11-10-12-37(71)27-35(13-19-56)49(75)68-47(34(8)70)46(73)28-36(14-20-57)48(74)63-42-18-24-61-50(76)38(33(7)69)29-45(72)39(15-21-58)62-51(77)40(16-22-59)65-54(80)43(25-30(2)3)67-55(81)44(26-31(4)5)66-52(78)41(17-23-60)64-53(42)79/h30-36,38-44,47,69-70H,9-29,56-60H2,1-8H3,(H,61,76)(H,62,77)(H,63,74)(H,64,79)(H,65,80)(H,66,78)(H,67,81)(H,68,75)/t32?,33-,34-,35+,36-,38+,39+,40+,41+,42+,43+,44-,47+/m1/s1. The summed E-state index contributed by atoms with van der Waals surface area (Å²) in [7, 11) is 0. The molecule has 1 saturated heterocycles. The molecule has 0 saturated carbocycles. The molecule has 464 valence electrons. The van der Waals surface area contributed by atoms with Gasteiger partial charge in [0.25, 0.3) is 0 Å². The van der Waals surface area contributed by atoms with E-state index in [1.807, 2.05) is 0 Å². The van der Waals surface area contributed by atoms with Crippen LogP contribution in [0.25, 0.3) is 0 Å². The van der Waals surface area contributed by atoms with Crippen molar-refractivity contribution in [1.29, 1.82) is 0 Å². The van der Waals surface area contributed by atoms with E-state index >= 15 is 0 Å². The summed E-state index contributed by atoms with van der Waals surface area (Å²) in [4.78, 5) is 153. The third-order valence-electron chi connectivity index (χ3n) is 14.4. The van der Waals surface area contributed by atoms with Crippen molar-refractivity contribution in [2.75, 3.05) is 39.3 Å². The number of carbonyl (C=O) groups is 11. The van der Waals surface area contributed by atoms with Crippen LogP contribution in [0.5, 0.6) is 0 Å². The average molecular weight is 1150 g/mol. The molecule has 1 aliphatic rings. The SMILES string of the molecule is CCC(C)CCCC(=O)C[C@H](CCN)C(=O)N[C@H](C(=O)C[C@@H](CCN)C(=O)N[C@H]1CCNC(=O)[C@H]([C@@H](C)O)CC(=O)[C@H](CCN)NC(=O)[C@H](CCN)NC(=O)[C@H](CC(C)C)NC(=O)[C@@H](CC(C)C)NC(=O)[C@H](CCN)NC1=O)[C@@H](C)O. The molecule has 1 fully saturated rings. The number of hydrogen-bond donors (Lipinski definition) is 15. The van der Waals surface area contributed by atoms with Crippen molar-refractivity contribution >= 4 is 64.6 Å². The summed E-state index contributed by atoms with van der Waals surface area (Å²) >= 11 is 0. The quantitative estimate of drug-likeness (QED) is 0.0352. The molecule has 0 aromatic heterocycles. The second-order valence-corrected chi connectivity index (χ2v) is 22.5. The maximum Gasteiger partial charge on any atom is 0.243 e. The van der Waals surface area contributed by atoms with Gasteiger partial charge in [0.15, 0.2) is 11.6 Å². The van der Waals surface area contributed by atoms with Crippen molar-refractivity contribution in [2.24, 2.45) is 64.2 Å². The topological polar surface area (TPSA) is 455 Å². The fourth-order valence-corrected chi connectivity index (χ4v) is 9.38. The van der Waals surface area contributed by atoms with Crippen molar-refractivity contribution in [3.8, 4) is 0 Å². The number of ketones is 3. The van der Waals surface area contributed by atoms with Gasteiger partial charge in [0.1, 0.15) is 42.0 Å². The van der Waals surface area contributed by atoms with Crippen LogP contribution in [0.1, 0.15) is 152 Å². The molecule has 0 aromatic rings. The van der Waals surface area contributed by atoms with Crippen LogP contribution < -0.4 is 71.2 Å². The molecule has 1 unspecified atom stereocenters. The summed E-state index contributed by atoms with van der Waals surface area (Å²) in [5.41, 5.74) is 29.4. The van der Waals surface area contributed by atoms with Crippen molar-refractivity contribution in [3.63, 3.8) is 0 Å². The van der Waals surface area contributed by atoms with Crippen molar-refractivity contribution in [3.05, 3.63) is 0 Å². The molecule has 8 amide bonds. The molecule has 0 aromatic carbocycles. The number of hydrogen-bond acceptors (Lipinski definition) is 18. The lowest BCUT2D eigenvalue weighted by atomic mass is 9.91. The Morgan fingerprint density at radius 2 is 1.04 bits per heavy atom. The lowest BCUT2D eigenvalue weighted by Crippen LogP contribution is -2.60. The van der Waals surface area contributed by atoms with Gasteiger partial charge in [0, 0.05) is 44.1 Å². The number of aliphatic hydroxyl groups excluding tert-OH is 2. The van der Waals surface area contributed by atoms with E-state index in [1.54, 1.807) is 27.7 Å². The normalized spacial score (nSPS) is 23.8. The monoisotopic (exact) mass is 1150 g/mol. The van der Waals surface area contributed by atoms with Gasteiger partial charge in [-0.15, -0.1) is 0 Å². The molecule has 1 rings (SSSR count). The highest BCUT2D eigenvalue weighted by atomic mass is 16.3. The Bertz CT molecular complexity index is 2040. The van der Waals surface area contributed by atoms with Gasteiger partial charge in [-0.05, 0) is 122 Å². The third-order valence-corrected chi connectivity index (χ3v) is 14.4. The van der Waals surface area contributed by atoms with Crippen LogP contribution in [0.4, 0.5) is 0 Å². The van der Waals surface area contributed by atoms with E-state index in [9.17, 15) is 63.0 Å². The largest absolute Gasteiger partial charge is 0.393 e. The highest BCUT2D eigenvalue weighted by Gasteiger charge is 2.38. The maximum atomic E-state index is 14.5. The fourth-order valence-electron chi connectivity index (χ4n) is 9.38. The average Bonchev–Trinajstić information content (AvgIpc) is 3.41. The van der Waals surface area contributed by atoms with E-state index in [1.165, 1.54) is 13.8 Å². The first kappa shape index (κ1) is 73.5. The number of nitrogens with two attached hydrogens (primary N) is 5. The van der Waals surface area contributed by atoms with Crippen LogP contribution in [0.3, 0.4) is 0 Å². The van der Waals surface area contributed by atoms with Crippen LogP contribution in [-0.2, 0) is 52.7 Å².